The Balaban J connectivity index is 2.45. The molecule has 0 aliphatic carbocycles. The number of esters is 1. The van der Waals surface area contributed by atoms with Crippen molar-refractivity contribution in [3.8, 4) is 0 Å². The molecule has 0 amide bonds. The number of rotatable bonds is 6. The van der Waals surface area contributed by atoms with E-state index < -0.39 is 11.6 Å². The number of ether oxygens (including phenoxy) is 1. The maximum Gasteiger partial charge on any atom is 0.328 e. The van der Waals surface area contributed by atoms with Gasteiger partial charge in [-0.25, -0.2) is 4.79 Å². The molecule has 0 bridgehead atoms. The van der Waals surface area contributed by atoms with Crippen LogP contribution in [-0.2, 0) is 20.1 Å². The zero-order chi connectivity index (χ0) is 15.2. The third-order valence-corrected chi connectivity index (χ3v) is 4.11. The van der Waals surface area contributed by atoms with Crippen LogP contribution in [0.4, 0.5) is 0 Å². The summed E-state index contributed by atoms with van der Waals surface area (Å²) in [5.41, 5.74) is 0.421. The molecule has 0 atom stereocenters. The van der Waals surface area contributed by atoms with Crippen molar-refractivity contribution in [3.63, 3.8) is 0 Å². The van der Waals surface area contributed by atoms with Gasteiger partial charge in [-0.05, 0) is 43.9 Å². The Morgan fingerprint density at radius 2 is 2.15 bits per heavy atom. The minimum Gasteiger partial charge on any atom is -0.478 e. The van der Waals surface area contributed by atoms with Gasteiger partial charge in [0.15, 0.2) is 0 Å². The van der Waals surface area contributed by atoms with Gasteiger partial charge in [-0.15, -0.1) is 23.1 Å². The zero-order valence-corrected chi connectivity index (χ0v) is 13.3. The summed E-state index contributed by atoms with van der Waals surface area (Å²) in [5.74, 6) is -0.252. The van der Waals surface area contributed by atoms with Gasteiger partial charge in [-0.2, -0.15) is 0 Å². The van der Waals surface area contributed by atoms with Gasteiger partial charge in [0.1, 0.15) is 5.60 Å². The van der Waals surface area contributed by atoms with E-state index in [-0.39, 0.29) is 11.7 Å². The highest BCUT2D eigenvalue weighted by molar-refractivity contribution is 7.99. The van der Waals surface area contributed by atoms with Crippen LogP contribution in [0.3, 0.4) is 0 Å². The quantitative estimate of drug-likeness (QED) is 0.644. The zero-order valence-electron chi connectivity index (χ0n) is 11.7. The molecule has 1 aromatic rings. The lowest BCUT2D eigenvalue weighted by Gasteiger charge is -2.19. The lowest BCUT2D eigenvalue weighted by molar-refractivity contribution is -0.151. The van der Waals surface area contributed by atoms with Crippen LogP contribution >= 0.6 is 23.1 Å². The molecule has 1 aromatic heterocycles. The Hall–Kier alpha value is -1.27. The highest BCUT2D eigenvalue weighted by Gasteiger charge is 2.16. The summed E-state index contributed by atoms with van der Waals surface area (Å²) >= 11 is 3.01. The fraction of sp³-hybridized carbons (Fsp3) is 0.429. The maximum absolute atomic E-state index is 11.6. The highest BCUT2D eigenvalue weighted by Crippen LogP contribution is 2.24. The summed E-state index contributed by atoms with van der Waals surface area (Å²) in [5, 5.41) is 10.5. The largest absolute Gasteiger partial charge is 0.478 e. The maximum atomic E-state index is 11.6. The number of carbonyl (C=O) groups excluding carboxylic acids is 1. The fourth-order valence-corrected chi connectivity index (χ4v) is 3.23. The molecule has 0 aliphatic heterocycles. The van der Waals surface area contributed by atoms with Gasteiger partial charge in [0, 0.05) is 16.7 Å². The van der Waals surface area contributed by atoms with Crippen LogP contribution in [0.25, 0.3) is 6.08 Å². The number of thioether (sulfide) groups is 1. The van der Waals surface area contributed by atoms with Crippen molar-refractivity contribution in [1.82, 2.24) is 0 Å². The summed E-state index contributed by atoms with van der Waals surface area (Å²) in [4.78, 5) is 23.1. The van der Waals surface area contributed by atoms with E-state index in [1.54, 1.807) is 17.4 Å². The normalized spacial score (nSPS) is 11.8. The molecular formula is C14H18O4S2. The van der Waals surface area contributed by atoms with Gasteiger partial charge in [0.2, 0.25) is 0 Å². The van der Waals surface area contributed by atoms with Crippen LogP contribution in [0.5, 0.6) is 0 Å². The predicted molar refractivity (Wildman–Crippen MR) is 83.0 cm³/mol. The molecule has 4 nitrogen and oxygen atoms in total. The van der Waals surface area contributed by atoms with Crippen LogP contribution in [0.2, 0.25) is 0 Å². The molecular weight excluding hydrogens is 296 g/mol. The smallest absolute Gasteiger partial charge is 0.328 e. The second-order valence-electron chi connectivity index (χ2n) is 5.05. The van der Waals surface area contributed by atoms with E-state index in [2.05, 4.69) is 0 Å². The number of carbonyl (C=O) groups is 2. The first-order valence-electron chi connectivity index (χ1n) is 6.05. The molecule has 0 fully saturated rings. The van der Waals surface area contributed by atoms with Crippen molar-refractivity contribution >= 4 is 41.1 Å². The SMILES string of the molecule is CC(C)(C)OC(=O)CSCc1sccc1/C=C/C(=O)O. The molecule has 20 heavy (non-hydrogen) atoms. The Morgan fingerprint density at radius 3 is 2.75 bits per heavy atom. The summed E-state index contributed by atoms with van der Waals surface area (Å²) in [6.45, 7) is 5.51. The molecule has 0 aliphatic rings. The third-order valence-electron chi connectivity index (χ3n) is 2.06. The summed E-state index contributed by atoms with van der Waals surface area (Å²) in [6.07, 6.45) is 2.69. The number of hydrogen-bond acceptors (Lipinski definition) is 5. The number of aliphatic carboxylic acids is 1. The van der Waals surface area contributed by atoms with Crippen molar-refractivity contribution in [2.24, 2.45) is 0 Å². The molecule has 6 heteroatoms. The Kier molecular flexibility index (Phi) is 6.29. The molecule has 1 rings (SSSR count). The average molecular weight is 314 g/mol. The van der Waals surface area contributed by atoms with E-state index in [1.165, 1.54) is 11.8 Å². The Bertz CT molecular complexity index is 498. The van der Waals surface area contributed by atoms with Crippen LogP contribution < -0.4 is 0 Å². The number of carboxylic acids is 1. The van der Waals surface area contributed by atoms with E-state index in [1.807, 2.05) is 32.2 Å². The summed E-state index contributed by atoms with van der Waals surface area (Å²) < 4.78 is 5.22. The van der Waals surface area contributed by atoms with Crippen molar-refractivity contribution in [3.05, 3.63) is 28.0 Å². The van der Waals surface area contributed by atoms with Crippen LogP contribution in [0, 0.1) is 0 Å². The number of carboxylic acid groups (broad SMARTS) is 1. The molecule has 1 N–H and O–H groups in total. The first-order chi connectivity index (χ1) is 9.28. The first-order valence-corrected chi connectivity index (χ1v) is 8.08. The molecule has 0 saturated heterocycles. The van der Waals surface area contributed by atoms with E-state index >= 15 is 0 Å². The number of thiophene rings is 1. The van der Waals surface area contributed by atoms with Gasteiger partial charge in [-0.3, -0.25) is 4.79 Å². The second-order valence-corrected chi connectivity index (χ2v) is 7.04. The van der Waals surface area contributed by atoms with Crippen molar-refractivity contribution in [2.75, 3.05) is 5.75 Å². The van der Waals surface area contributed by atoms with Gasteiger partial charge in [-0.1, -0.05) is 0 Å². The molecule has 110 valence electrons. The standard InChI is InChI=1S/C14H18O4S2/c1-14(2,3)18-13(17)9-19-8-11-10(6-7-20-11)4-5-12(15)16/h4-7H,8-9H2,1-3H3,(H,15,16)/b5-4+. The third kappa shape index (κ3) is 6.77. The second kappa shape index (κ2) is 7.50. The van der Waals surface area contributed by atoms with Crippen LogP contribution in [0.1, 0.15) is 31.2 Å². The van der Waals surface area contributed by atoms with E-state index in [0.29, 0.717) is 5.75 Å². The molecule has 0 radical (unpaired) electrons. The van der Waals surface area contributed by atoms with Crippen molar-refractivity contribution < 1.29 is 19.4 Å². The lowest BCUT2D eigenvalue weighted by Crippen LogP contribution is -2.24. The van der Waals surface area contributed by atoms with Gasteiger partial charge in [0.25, 0.3) is 0 Å². The summed E-state index contributed by atoms with van der Waals surface area (Å²) in [6, 6.07) is 1.87. The molecule has 0 aromatic carbocycles. The minimum absolute atomic E-state index is 0.235. The average Bonchev–Trinajstić information content (AvgIpc) is 2.71. The molecule has 0 spiro atoms. The highest BCUT2D eigenvalue weighted by atomic mass is 32.2. The monoisotopic (exact) mass is 314 g/mol. The van der Waals surface area contributed by atoms with E-state index in [0.717, 1.165) is 16.5 Å². The van der Waals surface area contributed by atoms with E-state index in [9.17, 15) is 9.59 Å². The minimum atomic E-state index is -0.969. The first kappa shape index (κ1) is 16.8. The lowest BCUT2D eigenvalue weighted by atomic mass is 10.2. The van der Waals surface area contributed by atoms with Crippen LogP contribution in [0.15, 0.2) is 17.5 Å². The summed E-state index contributed by atoms with van der Waals surface area (Å²) in [7, 11) is 0. The van der Waals surface area contributed by atoms with Crippen molar-refractivity contribution in [2.45, 2.75) is 32.1 Å². The van der Waals surface area contributed by atoms with E-state index in [4.69, 9.17) is 9.84 Å². The molecule has 1 heterocycles. The predicted octanol–water partition coefficient (Wildman–Crippen LogP) is 3.42. The molecule has 0 unspecified atom stereocenters. The molecule has 0 saturated carbocycles. The van der Waals surface area contributed by atoms with Gasteiger partial charge in [0.05, 0.1) is 5.75 Å². The Morgan fingerprint density at radius 1 is 1.45 bits per heavy atom. The number of hydrogen-bond donors (Lipinski definition) is 1. The van der Waals surface area contributed by atoms with Crippen LogP contribution in [-0.4, -0.2) is 28.4 Å². The van der Waals surface area contributed by atoms with Gasteiger partial charge < -0.3 is 9.84 Å². The van der Waals surface area contributed by atoms with Crippen molar-refractivity contribution in [1.29, 1.82) is 0 Å². The topological polar surface area (TPSA) is 63.6 Å². The Labute approximate surface area is 126 Å². The van der Waals surface area contributed by atoms with Gasteiger partial charge >= 0.3 is 11.9 Å². The fourth-order valence-electron chi connectivity index (χ4n) is 1.38.